The molecule has 1 unspecified atom stereocenters. The summed E-state index contributed by atoms with van der Waals surface area (Å²) in [6.07, 6.45) is -1.29. The van der Waals surface area contributed by atoms with Crippen LogP contribution in [-0.4, -0.2) is 66.7 Å². The number of carboxylic acids is 1. The summed E-state index contributed by atoms with van der Waals surface area (Å²) in [5.74, 6) is -2.92. The van der Waals surface area contributed by atoms with Gasteiger partial charge in [-0.3, -0.25) is 14.5 Å². The molecule has 1 saturated heterocycles. The number of β-lactam (4-membered cyclic amide) rings is 1. The van der Waals surface area contributed by atoms with Crippen LogP contribution >= 0.6 is 0 Å². The minimum absolute atomic E-state index is 0.0223. The van der Waals surface area contributed by atoms with Gasteiger partial charge in [0.1, 0.15) is 12.3 Å². The van der Waals surface area contributed by atoms with Crippen LogP contribution in [0.15, 0.2) is 41.6 Å². The first-order valence-corrected chi connectivity index (χ1v) is 10.0. The van der Waals surface area contributed by atoms with Crippen molar-refractivity contribution in [3.05, 3.63) is 47.2 Å². The summed E-state index contributed by atoms with van der Waals surface area (Å²) >= 11 is 0. The average molecular weight is 409 g/mol. The van der Waals surface area contributed by atoms with Crippen LogP contribution in [0.1, 0.15) is 12.5 Å². The predicted molar refractivity (Wildman–Crippen MR) is 95.6 cm³/mol. The van der Waals surface area contributed by atoms with Gasteiger partial charge in [-0.05, 0) is 12.0 Å². The van der Waals surface area contributed by atoms with Crippen LogP contribution in [0.25, 0.3) is 0 Å². The summed E-state index contributed by atoms with van der Waals surface area (Å²) in [5, 5.41) is 7.00. The molecule has 150 valence electrons. The molecule has 10 heteroatoms. The van der Waals surface area contributed by atoms with E-state index in [4.69, 9.17) is 9.47 Å². The van der Waals surface area contributed by atoms with Crippen molar-refractivity contribution in [2.45, 2.75) is 30.1 Å². The second-order valence-electron chi connectivity index (χ2n) is 6.48. The molecule has 2 aliphatic heterocycles. The minimum atomic E-state index is -4.05. The molecule has 1 N–H and O–H groups in total. The zero-order valence-electron chi connectivity index (χ0n) is 15.2. The van der Waals surface area contributed by atoms with E-state index < -0.39 is 56.7 Å². The van der Waals surface area contributed by atoms with E-state index in [0.717, 1.165) is 6.92 Å². The normalized spacial score (nSPS) is 25.7. The van der Waals surface area contributed by atoms with E-state index in [0.29, 0.717) is 10.5 Å². The summed E-state index contributed by atoms with van der Waals surface area (Å²) in [7, 11) is -2.86. The number of nitrogens with zero attached hydrogens (tertiary/aromatic N) is 1. The fourth-order valence-corrected chi connectivity index (χ4v) is 5.95. The molecule has 1 amide bonds. The zero-order valence-corrected chi connectivity index (χ0v) is 16.0. The molecule has 3 atom stereocenters. The Morgan fingerprint density at radius 2 is 1.86 bits per heavy atom. The number of rotatable bonds is 6. The van der Waals surface area contributed by atoms with Gasteiger partial charge in [0.05, 0.1) is 5.25 Å². The molecule has 0 aliphatic carbocycles. The number of aliphatic carboxylic acids is 1. The van der Waals surface area contributed by atoms with E-state index in [9.17, 15) is 27.9 Å². The molecule has 0 radical (unpaired) electrons. The second-order valence-corrected chi connectivity index (χ2v) is 8.71. The van der Waals surface area contributed by atoms with Crippen LogP contribution in [0.4, 0.5) is 0 Å². The van der Waals surface area contributed by atoms with Crippen molar-refractivity contribution in [3.8, 4) is 0 Å². The van der Waals surface area contributed by atoms with Crippen molar-refractivity contribution in [1.82, 2.24) is 4.90 Å². The van der Waals surface area contributed by atoms with Crippen LogP contribution in [0.3, 0.4) is 0 Å². The zero-order chi connectivity index (χ0) is 20.6. The van der Waals surface area contributed by atoms with E-state index >= 15 is 0 Å². The van der Waals surface area contributed by atoms with Gasteiger partial charge in [-0.25, -0.2) is 13.2 Å². The molecule has 0 bridgehead atoms. The van der Waals surface area contributed by atoms with Crippen molar-refractivity contribution < 1.29 is 37.4 Å². The lowest BCUT2D eigenvalue weighted by molar-refractivity contribution is -0.163. The number of amides is 1. The van der Waals surface area contributed by atoms with Gasteiger partial charge in [0.2, 0.25) is 0 Å². The second kappa shape index (κ2) is 7.36. The van der Waals surface area contributed by atoms with Crippen LogP contribution < -0.4 is 0 Å². The topological polar surface area (TPSA) is 127 Å². The molecular weight excluding hydrogens is 390 g/mol. The summed E-state index contributed by atoms with van der Waals surface area (Å²) in [4.78, 5) is 36.2. The maximum absolute atomic E-state index is 13.3. The third-order valence-corrected chi connectivity index (χ3v) is 7.19. The Balaban J connectivity index is 2.16. The molecular formula is C18H19NO8S. The highest BCUT2D eigenvalue weighted by Gasteiger charge is 2.63. The minimum Gasteiger partial charge on any atom is -0.477 e. The van der Waals surface area contributed by atoms with Gasteiger partial charge < -0.3 is 14.6 Å². The molecule has 28 heavy (non-hydrogen) atoms. The Morgan fingerprint density at radius 3 is 2.39 bits per heavy atom. The third-order valence-electron chi connectivity index (χ3n) is 4.81. The molecule has 9 nitrogen and oxygen atoms in total. The van der Waals surface area contributed by atoms with Crippen LogP contribution in [0, 0.1) is 0 Å². The molecule has 2 aliphatic rings. The fourth-order valence-electron chi connectivity index (χ4n) is 3.53. The molecule has 0 saturated carbocycles. The number of hydrogen-bond donors (Lipinski definition) is 1. The van der Waals surface area contributed by atoms with Gasteiger partial charge in [0.15, 0.2) is 21.3 Å². The number of carbonyl (C=O) groups excluding carboxylic acids is 2. The van der Waals surface area contributed by atoms with Crippen molar-refractivity contribution in [3.63, 3.8) is 0 Å². The SMILES string of the molecule is CO[C@H]1C(=O)N2C(C(=O)O)=C(COC(C)=O)C(Cc3ccccc3)S(=O)(=O)[C@H]12. The summed E-state index contributed by atoms with van der Waals surface area (Å²) in [6.45, 7) is 0.588. The highest BCUT2D eigenvalue weighted by molar-refractivity contribution is 7.93. The Labute approximate surface area is 161 Å². The summed E-state index contributed by atoms with van der Waals surface area (Å²) in [6, 6.07) is 8.66. The number of ether oxygens (including phenoxy) is 2. The lowest BCUT2D eigenvalue weighted by Crippen LogP contribution is -2.72. The first-order chi connectivity index (χ1) is 13.2. The predicted octanol–water partition coefficient (Wildman–Crippen LogP) is 0.111. The van der Waals surface area contributed by atoms with Crippen LogP contribution in [0.5, 0.6) is 0 Å². The monoisotopic (exact) mass is 409 g/mol. The average Bonchev–Trinajstić information content (AvgIpc) is 2.63. The van der Waals surface area contributed by atoms with E-state index in [2.05, 4.69) is 0 Å². The van der Waals surface area contributed by atoms with Crippen LogP contribution in [-0.2, 0) is 40.1 Å². The number of methoxy groups -OCH3 is 1. The Kier molecular flexibility index (Phi) is 5.26. The summed E-state index contributed by atoms with van der Waals surface area (Å²) < 4.78 is 36.5. The lowest BCUT2D eigenvalue weighted by atomic mass is 9.98. The number of fused-ring (bicyclic) bond motifs is 1. The number of carbonyl (C=O) groups is 3. The molecule has 1 fully saturated rings. The van der Waals surface area contributed by atoms with Gasteiger partial charge in [-0.15, -0.1) is 0 Å². The first-order valence-electron chi connectivity index (χ1n) is 8.42. The smallest absolute Gasteiger partial charge is 0.352 e. The number of benzene rings is 1. The van der Waals surface area contributed by atoms with E-state index in [1.807, 2.05) is 0 Å². The maximum atomic E-state index is 13.3. The lowest BCUT2D eigenvalue weighted by Gasteiger charge is -2.50. The first kappa shape index (κ1) is 20.0. The van der Waals surface area contributed by atoms with Crippen molar-refractivity contribution >= 4 is 27.7 Å². The van der Waals surface area contributed by atoms with E-state index in [-0.39, 0.29) is 12.0 Å². The molecule has 3 rings (SSSR count). The van der Waals surface area contributed by atoms with Gasteiger partial charge >= 0.3 is 11.9 Å². The molecule has 0 aromatic heterocycles. The largest absolute Gasteiger partial charge is 0.477 e. The van der Waals surface area contributed by atoms with E-state index in [1.54, 1.807) is 30.3 Å². The van der Waals surface area contributed by atoms with Crippen LogP contribution in [0.2, 0.25) is 0 Å². The van der Waals surface area contributed by atoms with Crippen molar-refractivity contribution in [2.24, 2.45) is 0 Å². The molecule has 1 aromatic carbocycles. The number of carboxylic acid groups (broad SMARTS) is 1. The number of sulfone groups is 1. The Hall–Kier alpha value is -2.72. The molecule has 0 spiro atoms. The Bertz CT molecular complexity index is 953. The number of esters is 1. The third kappa shape index (κ3) is 3.18. The Morgan fingerprint density at radius 1 is 1.21 bits per heavy atom. The van der Waals surface area contributed by atoms with Gasteiger partial charge in [0, 0.05) is 19.6 Å². The highest BCUT2D eigenvalue weighted by Crippen LogP contribution is 2.42. The fraction of sp³-hybridized carbons (Fsp3) is 0.389. The van der Waals surface area contributed by atoms with Gasteiger partial charge in [-0.2, -0.15) is 0 Å². The van der Waals surface area contributed by atoms with Crippen molar-refractivity contribution in [1.29, 1.82) is 0 Å². The van der Waals surface area contributed by atoms with Crippen molar-refractivity contribution in [2.75, 3.05) is 13.7 Å². The quantitative estimate of drug-likeness (QED) is 0.518. The maximum Gasteiger partial charge on any atom is 0.352 e. The van der Waals surface area contributed by atoms with Gasteiger partial charge in [-0.1, -0.05) is 30.3 Å². The van der Waals surface area contributed by atoms with Gasteiger partial charge in [0.25, 0.3) is 5.91 Å². The standard InChI is InChI=1S/C18H19NO8S/c1-10(20)27-9-12-13(8-11-6-4-3-5-7-11)28(24,25)17-15(26-2)16(21)19(17)14(12)18(22)23/h3-7,13,15,17H,8-9H2,1-2H3,(H,22,23)/t13?,15-,17+/m0/s1. The number of hydrogen-bond acceptors (Lipinski definition) is 7. The summed E-state index contributed by atoms with van der Waals surface area (Å²) in [5.41, 5.74) is 0.0558. The highest BCUT2D eigenvalue weighted by atomic mass is 32.2. The molecule has 1 aromatic rings. The van der Waals surface area contributed by atoms with E-state index in [1.165, 1.54) is 7.11 Å². The molecule has 2 heterocycles.